The zero-order valence-corrected chi connectivity index (χ0v) is 23.0. The summed E-state index contributed by atoms with van der Waals surface area (Å²) in [6, 6.07) is 16.7. The maximum atomic E-state index is 15.5. The van der Waals surface area contributed by atoms with E-state index in [1.807, 2.05) is 42.5 Å². The zero-order valence-electron chi connectivity index (χ0n) is 22.0. The fourth-order valence-electron chi connectivity index (χ4n) is 6.13. The molecular weight excluding hydrogens is 487 g/mol. The highest BCUT2D eigenvalue weighted by atomic mass is 28.4. The van der Waals surface area contributed by atoms with Gasteiger partial charge in [0.15, 0.2) is 0 Å². The number of carbonyl (C=O) groups is 2. The van der Waals surface area contributed by atoms with E-state index in [0.717, 1.165) is 30.5 Å². The van der Waals surface area contributed by atoms with Gasteiger partial charge in [-0.05, 0) is 74.5 Å². The highest BCUT2D eigenvalue weighted by Gasteiger charge is 2.52. The van der Waals surface area contributed by atoms with Crippen molar-refractivity contribution in [3.05, 3.63) is 65.7 Å². The summed E-state index contributed by atoms with van der Waals surface area (Å²) in [7, 11) is -3.08. The highest BCUT2D eigenvalue weighted by Crippen LogP contribution is 2.47. The second-order valence-electron chi connectivity index (χ2n) is 11.0. The van der Waals surface area contributed by atoms with Crippen molar-refractivity contribution < 1.29 is 23.5 Å². The number of aliphatic hydroxyl groups excluding tert-OH is 1. The number of nitrogens with one attached hydrogen (secondary N) is 1. The van der Waals surface area contributed by atoms with E-state index in [1.54, 1.807) is 30.1 Å². The van der Waals surface area contributed by atoms with E-state index in [1.165, 1.54) is 0 Å². The van der Waals surface area contributed by atoms with Crippen molar-refractivity contribution in [2.24, 2.45) is 5.92 Å². The number of anilines is 1. The van der Waals surface area contributed by atoms with Crippen LogP contribution in [0, 0.1) is 5.92 Å². The third-order valence-electron chi connectivity index (χ3n) is 7.92. The van der Waals surface area contributed by atoms with Gasteiger partial charge in [0, 0.05) is 23.3 Å². The lowest BCUT2D eigenvalue weighted by Crippen LogP contribution is -2.42. The van der Waals surface area contributed by atoms with Crippen molar-refractivity contribution in [2.45, 2.75) is 75.9 Å². The highest BCUT2D eigenvalue weighted by molar-refractivity contribution is 6.72. The van der Waals surface area contributed by atoms with E-state index in [0.29, 0.717) is 18.5 Å². The molecule has 2 saturated heterocycles. The minimum Gasteiger partial charge on any atom is -0.394 e. The number of hydrogen-bond donors (Lipinski definition) is 2. The number of nitrogens with zero attached hydrogens (tertiary/aromatic N) is 1. The molecule has 8 heteroatoms. The second-order valence-corrected chi connectivity index (χ2v) is 14.8. The molecule has 0 radical (unpaired) electrons. The fourth-order valence-corrected chi connectivity index (χ4v) is 8.67. The van der Waals surface area contributed by atoms with Crippen molar-refractivity contribution >= 4 is 25.9 Å². The van der Waals surface area contributed by atoms with Crippen LogP contribution in [-0.2, 0) is 16.0 Å². The van der Waals surface area contributed by atoms with Crippen molar-refractivity contribution in [1.29, 1.82) is 0 Å². The maximum Gasteiger partial charge on any atom is 0.255 e. The molecule has 2 amide bonds. The van der Waals surface area contributed by atoms with Crippen LogP contribution in [0.15, 0.2) is 54.6 Å². The monoisotopic (exact) mass is 526 g/mol. The topological polar surface area (TPSA) is 78.9 Å². The molecule has 4 rings (SSSR count). The van der Waals surface area contributed by atoms with Gasteiger partial charge >= 0.3 is 0 Å². The first kappa shape index (κ1) is 27.5. The smallest absolute Gasteiger partial charge is 0.255 e. The summed E-state index contributed by atoms with van der Waals surface area (Å²) in [5, 5.41) is 12.6. The Morgan fingerprint density at radius 1 is 1.14 bits per heavy atom. The van der Waals surface area contributed by atoms with E-state index < -0.39 is 14.5 Å². The number of benzene rings is 2. The molecule has 2 N–H and O–H groups in total. The Balaban J connectivity index is 1.39. The van der Waals surface area contributed by atoms with E-state index in [4.69, 9.17) is 4.74 Å². The molecule has 2 aromatic carbocycles. The number of aryl methyl sites for hydroxylation is 1. The van der Waals surface area contributed by atoms with Gasteiger partial charge in [0.05, 0.1) is 31.3 Å². The van der Waals surface area contributed by atoms with Crippen LogP contribution < -0.4 is 5.32 Å². The van der Waals surface area contributed by atoms with E-state index in [-0.39, 0.29) is 48.4 Å². The van der Waals surface area contributed by atoms with Gasteiger partial charge < -0.3 is 24.2 Å². The molecule has 2 aliphatic rings. The molecule has 2 aromatic rings. The van der Waals surface area contributed by atoms with Gasteiger partial charge in [0.1, 0.15) is 0 Å². The lowest BCUT2D eigenvalue weighted by atomic mass is 9.95. The van der Waals surface area contributed by atoms with Crippen molar-refractivity contribution in [3.63, 3.8) is 0 Å². The average Bonchev–Trinajstić information content (AvgIpc) is 3.47. The maximum absolute atomic E-state index is 15.5. The summed E-state index contributed by atoms with van der Waals surface area (Å²) in [6.45, 7) is 6.09. The van der Waals surface area contributed by atoms with E-state index in [9.17, 15) is 14.7 Å². The summed E-state index contributed by atoms with van der Waals surface area (Å²) in [5.74, 6) is -0.186. The van der Waals surface area contributed by atoms with Crippen molar-refractivity contribution in [1.82, 2.24) is 4.90 Å². The predicted molar refractivity (Wildman–Crippen MR) is 146 cm³/mol. The first-order valence-corrected chi connectivity index (χ1v) is 16.3. The molecule has 0 aliphatic carbocycles. The standard InChI is InChI=1S/C29H39FN2O4Si/c1-20-25(15-14-21-9-7-12-23(17-21)31-29(35)22-10-5-4-6-11-22)36-26(28(20)37(2,3)30)18-27(34)32-16-8-13-24(32)19-33/h4-7,9-12,17,20,24-26,28,33H,8,13-16,18-19H2,1-3H3,(H,31,35)/t20-,24+,25+,26-,28+/m1/s1. The predicted octanol–water partition coefficient (Wildman–Crippen LogP) is 5.19. The first-order valence-electron chi connectivity index (χ1n) is 13.4. The molecule has 0 aromatic heterocycles. The molecule has 5 atom stereocenters. The molecule has 0 unspecified atom stereocenters. The molecule has 37 heavy (non-hydrogen) atoms. The molecule has 6 nitrogen and oxygen atoms in total. The van der Waals surface area contributed by atoms with Gasteiger partial charge in [-0.1, -0.05) is 37.3 Å². The molecule has 2 heterocycles. The van der Waals surface area contributed by atoms with Gasteiger partial charge in [-0.25, -0.2) is 0 Å². The number of amides is 2. The minimum absolute atomic E-state index is 0.0117. The number of hydrogen-bond acceptors (Lipinski definition) is 4. The summed E-state index contributed by atoms with van der Waals surface area (Å²) in [6.07, 6.45) is 2.74. The Morgan fingerprint density at radius 2 is 1.89 bits per heavy atom. The van der Waals surface area contributed by atoms with Crippen LogP contribution in [-0.4, -0.2) is 61.6 Å². The Labute approximate surface area is 220 Å². The Hall–Kier alpha value is -2.55. The van der Waals surface area contributed by atoms with E-state index >= 15 is 4.11 Å². The van der Waals surface area contributed by atoms with Crippen LogP contribution in [0.5, 0.6) is 0 Å². The molecule has 0 saturated carbocycles. The fraction of sp³-hybridized carbons (Fsp3) is 0.517. The Morgan fingerprint density at radius 3 is 2.59 bits per heavy atom. The number of halogens is 1. The molecular formula is C29H39FN2O4Si. The lowest BCUT2D eigenvalue weighted by Gasteiger charge is -2.30. The summed E-state index contributed by atoms with van der Waals surface area (Å²) >= 11 is 0. The number of ether oxygens (including phenoxy) is 1. The van der Waals surface area contributed by atoms with Gasteiger partial charge in [-0.2, -0.15) is 0 Å². The minimum atomic E-state index is -3.08. The lowest BCUT2D eigenvalue weighted by molar-refractivity contribution is -0.135. The summed E-state index contributed by atoms with van der Waals surface area (Å²) in [5.41, 5.74) is 2.14. The van der Waals surface area contributed by atoms with Crippen LogP contribution in [0.25, 0.3) is 0 Å². The van der Waals surface area contributed by atoms with Gasteiger partial charge in [-0.15, -0.1) is 0 Å². The summed E-state index contributed by atoms with van der Waals surface area (Å²) < 4.78 is 21.9. The Kier molecular flexibility index (Phi) is 8.82. The molecule has 200 valence electrons. The Bertz CT molecular complexity index is 1080. The molecule has 2 aliphatic heterocycles. The third-order valence-corrected chi connectivity index (χ3v) is 10.4. The quantitative estimate of drug-likeness (QED) is 0.348. The van der Waals surface area contributed by atoms with Crippen LogP contribution in [0.4, 0.5) is 9.80 Å². The largest absolute Gasteiger partial charge is 0.394 e. The van der Waals surface area contributed by atoms with E-state index in [2.05, 4.69) is 12.2 Å². The molecule has 2 fully saturated rings. The van der Waals surface area contributed by atoms with Gasteiger partial charge in [0.2, 0.25) is 14.3 Å². The van der Waals surface area contributed by atoms with Gasteiger partial charge in [-0.3, -0.25) is 9.59 Å². The zero-order chi connectivity index (χ0) is 26.6. The van der Waals surface area contributed by atoms with Gasteiger partial charge in [0.25, 0.3) is 5.91 Å². The van der Waals surface area contributed by atoms with Crippen LogP contribution in [0.1, 0.15) is 48.5 Å². The average molecular weight is 527 g/mol. The third kappa shape index (κ3) is 6.66. The summed E-state index contributed by atoms with van der Waals surface area (Å²) in [4.78, 5) is 27.3. The number of rotatable bonds is 9. The van der Waals surface area contributed by atoms with Crippen LogP contribution in [0.3, 0.4) is 0 Å². The number of likely N-dealkylation sites (tertiary alicyclic amines) is 1. The van der Waals surface area contributed by atoms with Crippen molar-refractivity contribution in [3.8, 4) is 0 Å². The SMILES string of the molecule is C[C@H]1[C@H]([Si](C)(C)F)[C@@H](CC(=O)N2CCC[C@H]2CO)O[C@H]1CCc1cccc(NC(=O)c2ccccc2)c1. The van der Waals surface area contributed by atoms with Crippen LogP contribution in [0.2, 0.25) is 18.6 Å². The molecule has 0 bridgehead atoms. The normalized spacial score (nSPS) is 25.9. The first-order chi connectivity index (χ1) is 17.7. The molecule has 0 spiro atoms. The number of carbonyl (C=O) groups excluding carboxylic acids is 2. The second kappa shape index (κ2) is 11.9. The van der Waals surface area contributed by atoms with Crippen LogP contribution >= 0.6 is 0 Å². The van der Waals surface area contributed by atoms with Crippen molar-refractivity contribution in [2.75, 3.05) is 18.5 Å². The number of aliphatic hydroxyl groups is 1.